The molecule has 1 aliphatic carbocycles. The van der Waals surface area contributed by atoms with Crippen LogP contribution in [0.5, 0.6) is 0 Å². The molecule has 1 fully saturated rings. The van der Waals surface area contributed by atoms with Crippen LogP contribution in [0.25, 0.3) is 0 Å². The number of urea groups is 1. The first-order chi connectivity index (χ1) is 10.6. The molecule has 6 nitrogen and oxygen atoms in total. The normalized spacial score (nSPS) is 13.5. The van der Waals surface area contributed by atoms with Crippen LogP contribution in [-0.4, -0.2) is 31.7 Å². The molecule has 0 saturated heterocycles. The molecule has 0 aliphatic heterocycles. The molecular formula is C16H23N3O3. The lowest BCUT2D eigenvalue weighted by molar-refractivity contribution is -0.114. The number of rotatable bonds is 8. The van der Waals surface area contributed by atoms with Crippen LogP contribution in [0.3, 0.4) is 0 Å². The summed E-state index contributed by atoms with van der Waals surface area (Å²) in [6.45, 7) is 3.57. The summed E-state index contributed by atoms with van der Waals surface area (Å²) in [4.78, 5) is 22.6. The lowest BCUT2D eigenvalue weighted by Crippen LogP contribution is -2.30. The second-order valence-electron chi connectivity index (χ2n) is 5.51. The molecule has 22 heavy (non-hydrogen) atoms. The van der Waals surface area contributed by atoms with E-state index in [-0.39, 0.29) is 11.9 Å². The zero-order valence-electron chi connectivity index (χ0n) is 12.9. The van der Waals surface area contributed by atoms with Crippen molar-refractivity contribution in [2.24, 2.45) is 5.92 Å². The molecule has 6 heteroatoms. The number of ether oxygens (including phenoxy) is 1. The minimum atomic E-state index is -0.241. The number of amides is 3. The predicted octanol–water partition coefficient (Wildman–Crippen LogP) is 2.58. The van der Waals surface area contributed by atoms with Gasteiger partial charge in [-0.1, -0.05) is 0 Å². The van der Waals surface area contributed by atoms with E-state index >= 15 is 0 Å². The highest BCUT2D eigenvalue weighted by molar-refractivity contribution is 5.91. The summed E-state index contributed by atoms with van der Waals surface area (Å²) in [6.07, 6.45) is 3.39. The standard InChI is InChI=1S/C16H23N3O3/c1-12(20)18-14-5-7-15(8-6-14)19-16(21)17-9-2-10-22-11-13-3-4-13/h5-8,13H,2-4,9-11H2,1H3,(H,18,20)(H2,17,19,21). The topological polar surface area (TPSA) is 79.5 Å². The molecule has 3 amide bonds. The average Bonchev–Trinajstić information content (AvgIpc) is 3.28. The molecule has 0 aromatic heterocycles. The molecule has 120 valence electrons. The largest absolute Gasteiger partial charge is 0.381 e. The Morgan fingerprint density at radius 3 is 2.36 bits per heavy atom. The van der Waals surface area contributed by atoms with Crippen molar-refractivity contribution in [3.8, 4) is 0 Å². The van der Waals surface area contributed by atoms with E-state index in [4.69, 9.17) is 4.74 Å². The number of hydrogen-bond donors (Lipinski definition) is 3. The number of nitrogens with one attached hydrogen (secondary N) is 3. The Kier molecular flexibility index (Phi) is 6.21. The van der Waals surface area contributed by atoms with Gasteiger partial charge in [0.25, 0.3) is 0 Å². The third kappa shape index (κ3) is 6.58. The van der Waals surface area contributed by atoms with Crippen molar-refractivity contribution in [1.82, 2.24) is 5.32 Å². The van der Waals surface area contributed by atoms with Crippen LogP contribution in [-0.2, 0) is 9.53 Å². The zero-order valence-corrected chi connectivity index (χ0v) is 12.9. The van der Waals surface area contributed by atoms with Crippen LogP contribution in [0.1, 0.15) is 26.2 Å². The van der Waals surface area contributed by atoms with Crippen molar-refractivity contribution in [3.05, 3.63) is 24.3 Å². The van der Waals surface area contributed by atoms with E-state index in [0.29, 0.717) is 24.5 Å². The number of anilines is 2. The van der Waals surface area contributed by atoms with Gasteiger partial charge in [0.1, 0.15) is 0 Å². The quantitative estimate of drug-likeness (QED) is 0.646. The van der Waals surface area contributed by atoms with E-state index < -0.39 is 0 Å². The van der Waals surface area contributed by atoms with Gasteiger partial charge in [0, 0.05) is 38.1 Å². The van der Waals surface area contributed by atoms with Gasteiger partial charge in [0.05, 0.1) is 0 Å². The van der Waals surface area contributed by atoms with E-state index in [1.165, 1.54) is 19.8 Å². The van der Waals surface area contributed by atoms with Gasteiger partial charge in [-0.2, -0.15) is 0 Å². The van der Waals surface area contributed by atoms with Gasteiger partial charge in [-0.3, -0.25) is 4.79 Å². The van der Waals surface area contributed by atoms with Crippen LogP contribution in [0, 0.1) is 5.92 Å². The van der Waals surface area contributed by atoms with Crippen molar-refractivity contribution >= 4 is 23.3 Å². The lowest BCUT2D eigenvalue weighted by atomic mass is 10.3. The minimum absolute atomic E-state index is 0.123. The van der Waals surface area contributed by atoms with Gasteiger partial charge in [0.15, 0.2) is 0 Å². The average molecular weight is 305 g/mol. The molecule has 1 aliphatic rings. The predicted molar refractivity (Wildman–Crippen MR) is 85.9 cm³/mol. The van der Waals surface area contributed by atoms with Gasteiger partial charge in [-0.25, -0.2) is 4.79 Å². The second-order valence-corrected chi connectivity index (χ2v) is 5.51. The van der Waals surface area contributed by atoms with Gasteiger partial charge in [0.2, 0.25) is 5.91 Å². The Bertz CT molecular complexity index is 498. The first kappa shape index (κ1) is 16.3. The third-order valence-corrected chi connectivity index (χ3v) is 3.26. The molecule has 2 rings (SSSR count). The lowest BCUT2D eigenvalue weighted by Gasteiger charge is -2.09. The number of benzene rings is 1. The smallest absolute Gasteiger partial charge is 0.319 e. The fraction of sp³-hybridized carbons (Fsp3) is 0.500. The van der Waals surface area contributed by atoms with Crippen LogP contribution >= 0.6 is 0 Å². The molecule has 1 aromatic carbocycles. The van der Waals surface area contributed by atoms with Crippen LogP contribution in [0.4, 0.5) is 16.2 Å². The molecule has 1 aromatic rings. The van der Waals surface area contributed by atoms with Crippen molar-refractivity contribution in [2.45, 2.75) is 26.2 Å². The summed E-state index contributed by atoms with van der Waals surface area (Å²) in [7, 11) is 0. The van der Waals surface area contributed by atoms with Gasteiger partial charge in [-0.15, -0.1) is 0 Å². The van der Waals surface area contributed by atoms with Crippen LogP contribution in [0.2, 0.25) is 0 Å². The summed E-state index contributed by atoms with van der Waals surface area (Å²) in [5, 5.41) is 8.19. The Morgan fingerprint density at radius 1 is 1.14 bits per heavy atom. The van der Waals surface area contributed by atoms with Gasteiger partial charge >= 0.3 is 6.03 Å². The van der Waals surface area contributed by atoms with Crippen LogP contribution in [0.15, 0.2) is 24.3 Å². The Labute approximate surface area is 130 Å². The Morgan fingerprint density at radius 2 is 1.77 bits per heavy atom. The SMILES string of the molecule is CC(=O)Nc1ccc(NC(=O)NCCCOCC2CC2)cc1. The van der Waals surface area contributed by atoms with E-state index in [1.807, 2.05) is 0 Å². The molecule has 0 radical (unpaired) electrons. The zero-order chi connectivity index (χ0) is 15.8. The van der Waals surface area contributed by atoms with E-state index in [1.54, 1.807) is 24.3 Å². The Balaban J connectivity index is 1.58. The maximum atomic E-state index is 11.7. The number of hydrogen-bond acceptors (Lipinski definition) is 3. The first-order valence-corrected chi connectivity index (χ1v) is 7.64. The van der Waals surface area contributed by atoms with E-state index in [2.05, 4.69) is 16.0 Å². The fourth-order valence-corrected chi connectivity index (χ4v) is 1.93. The maximum absolute atomic E-state index is 11.7. The molecule has 0 unspecified atom stereocenters. The molecule has 0 spiro atoms. The van der Waals surface area contributed by atoms with Crippen molar-refractivity contribution in [3.63, 3.8) is 0 Å². The van der Waals surface area contributed by atoms with Crippen molar-refractivity contribution in [1.29, 1.82) is 0 Å². The third-order valence-electron chi connectivity index (χ3n) is 3.26. The summed E-state index contributed by atoms with van der Waals surface area (Å²) < 4.78 is 5.50. The summed E-state index contributed by atoms with van der Waals surface area (Å²) in [5.41, 5.74) is 1.38. The number of carbonyl (C=O) groups excluding carboxylic acids is 2. The van der Waals surface area contributed by atoms with Gasteiger partial charge in [-0.05, 0) is 49.4 Å². The summed E-state index contributed by atoms with van der Waals surface area (Å²) in [6, 6.07) is 6.72. The maximum Gasteiger partial charge on any atom is 0.319 e. The molecule has 0 bridgehead atoms. The van der Waals surface area contributed by atoms with Crippen LogP contribution < -0.4 is 16.0 Å². The Hall–Kier alpha value is -2.08. The first-order valence-electron chi connectivity index (χ1n) is 7.64. The summed E-state index contributed by atoms with van der Waals surface area (Å²) >= 11 is 0. The fourth-order valence-electron chi connectivity index (χ4n) is 1.93. The van der Waals surface area contributed by atoms with Crippen molar-refractivity contribution < 1.29 is 14.3 Å². The molecule has 0 atom stereocenters. The highest BCUT2D eigenvalue weighted by Crippen LogP contribution is 2.28. The second kappa shape index (κ2) is 8.38. The molecular weight excluding hydrogens is 282 g/mol. The van der Waals surface area contributed by atoms with Crippen molar-refractivity contribution in [2.75, 3.05) is 30.4 Å². The molecule has 1 saturated carbocycles. The molecule has 0 heterocycles. The highest BCUT2D eigenvalue weighted by Gasteiger charge is 2.20. The highest BCUT2D eigenvalue weighted by atomic mass is 16.5. The number of carbonyl (C=O) groups is 2. The van der Waals surface area contributed by atoms with E-state index in [9.17, 15) is 9.59 Å². The minimum Gasteiger partial charge on any atom is -0.381 e. The van der Waals surface area contributed by atoms with E-state index in [0.717, 1.165) is 18.9 Å². The summed E-state index contributed by atoms with van der Waals surface area (Å²) in [5.74, 6) is 0.652. The van der Waals surface area contributed by atoms with Gasteiger partial charge < -0.3 is 20.7 Å². The monoisotopic (exact) mass is 305 g/mol. The molecule has 3 N–H and O–H groups in total.